The van der Waals surface area contributed by atoms with E-state index >= 15 is 0 Å². The Labute approximate surface area is 125 Å². The van der Waals surface area contributed by atoms with Crippen LogP contribution < -0.4 is 5.73 Å². The molecule has 6 heteroatoms. The number of fused-ring (bicyclic) bond motifs is 1. The smallest absolute Gasteiger partial charge is 0.263 e. The van der Waals surface area contributed by atoms with Gasteiger partial charge in [0.25, 0.3) is 11.8 Å². The zero-order valence-corrected chi connectivity index (χ0v) is 11.3. The number of rotatable bonds is 2. The van der Waals surface area contributed by atoms with E-state index in [2.05, 4.69) is 0 Å². The number of halogens is 1. The van der Waals surface area contributed by atoms with Crippen LogP contribution in [0.25, 0.3) is 0 Å². The van der Waals surface area contributed by atoms with E-state index in [1.807, 2.05) is 6.07 Å². The fourth-order valence-corrected chi connectivity index (χ4v) is 2.44. The van der Waals surface area contributed by atoms with Crippen LogP contribution in [0, 0.1) is 17.1 Å². The monoisotopic (exact) mass is 295 g/mol. The second-order valence-electron chi connectivity index (χ2n) is 4.88. The minimum atomic E-state index is -0.580. The van der Waals surface area contributed by atoms with Crippen molar-refractivity contribution in [3.05, 3.63) is 64.5 Å². The number of benzene rings is 2. The second kappa shape index (κ2) is 4.97. The average molecular weight is 295 g/mol. The Morgan fingerprint density at radius 2 is 1.95 bits per heavy atom. The molecule has 0 aromatic heterocycles. The molecule has 2 aromatic carbocycles. The van der Waals surface area contributed by atoms with Crippen molar-refractivity contribution in [2.75, 3.05) is 5.73 Å². The first kappa shape index (κ1) is 13.8. The number of hydrogen-bond acceptors (Lipinski definition) is 4. The molecule has 3 rings (SSSR count). The van der Waals surface area contributed by atoms with Gasteiger partial charge < -0.3 is 5.73 Å². The van der Waals surface area contributed by atoms with Crippen molar-refractivity contribution < 1.29 is 14.0 Å². The third-order valence-electron chi connectivity index (χ3n) is 3.53. The molecule has 0 saturated carbocycles. The second-order valence-corrected chi connectivity index (χ2v) is 4.88. The lowest BCUT2D eigenvalue weighted by Gasteiger charge is -2.14. The third kappa shape index (κ3) is 2.00. The highest BCUT2D eigenvalue weighted by Gasteiger charge is 2.37. The molecular formula is C16H10FN3O2. The number of nitriles is 1. The fourth-order valence-electron chi connectivity index (χ4n) is 2.44. The molecule has 0 spiro atoms. The number of carbonyl (C=O) groups is 2. The molecule has 1 aliphatic heterocycles. The molecule has 0 atom stereocenters. The molecule has 0 bridgehead atoms. The molecule has 0 aliphatic carbocycles. The highest BCUT2D eigenvalue weighted by Crippen LogP contribution is 2.29. The van der Waals surface area contributed by atoms with Crippen LogP contribution in [0.15, 0.2) is 36.4 Å². The van der Waals surface area contributed by atoms with Gasteiger partial charge in [-0.25, -0.2) is 4.39 Å². The molecule has 0 radical (unpaired) electrons. The number of anilines is 1. The van der Waals surface area contributed by atoms with Gasteiger partial charge in [-0.3, -0.25) is 14.5 Å². The Kier molecular flexibility index (Phi) is 3.11. The molecule has 0 fully saturated rings. The lowest BCUT2D eigenvalue weighted by atomic mass is 10.1. The zero-order valence-electron chi connectivity index (χ0n) is 11.3. The van der Waals surface area contributed by atoms with E-state index in [4.69, 9.17) is 11.0 Å². The maximum absolute atomic E-state index is 13.8. The Bertz CT molecular complexity index is 855. The summed E-state index contributed by atoms with van der Waals surface area (Å²) >= 11 is 0. The zero-order chi connectivity index (χ0) is 15.9. The summed E-state index contributed by atoms with van der Waals surface area (Å²) in [4.78, 5) is 25.6. The summed E-state index contributed by atoms with van der Waals surface area (Å²) in [7, 11) is 0. The number of nitrogens with two attached hydrogens (primary N) is 1. The van der Waals surface area contributed by atoms with Gasteiger partial charge in [0.15, 0.2) is 0 Å². The van der Waals surface area contributed by atoms with E-state index in [0.717, 1.165) is 11.0 Å². The van der Waals surface area contributed by atoms with Crippen molar-refractivity contribution in [1.29, 1.82) is 5.26 Å². The van der Waals surface area contributed by atoms with E-state index in [1.165, 1.54) is 24.3 Å². The summed E-state index contributed by atoms with van der Waals surface area (Å²) in [5.74, 6) is -1.66. The number of hydrogen-bond donors (Lipinski definition) is 1. The molecule has 2 aromatic rings. The van der Waals surface area contributed by atoms with E-state index in [-0.39, 0.29) is 34.5 Å². The van der Waals surface area contributed by atoms with Crippen molar-refractivity contribution in [3.8, 4) is 6.07 Å². The van der Waals surface area contributed by atoms with Gasteiger partial charge in [0.05, 0.1) is 29.3 Å². The summed E-state index contributed by atoms with van der Waals surface area (Å²) in [5, 5.41) is 8.86. The van der Waals surface area contributed by atoms with Crippen LogP contribution in [0.4, 0.5) is 10.1 Å². The van der Waals surface area contributed by atoms with Crippen LogP contribution in [-0.4, -0.2) is 16.7 Å². The van der Waals surface area contributed by atoms with Crippen LogP contribution in [0.1, 0.15) is 31.8 Å². The van der Waals surface area contributed by atoms with Gasteiger partial charge in [0.2, 0.25) is 0 Å². The molecule has 2 amide bonds. The lowest BCUT2D eigenvalue weighted by molar-refractivity contribution is 0.0641. The molecule has 5 nitrogen and oxygen atoms in total. The average Bonchev–Trinajstić information content (AvgIpc) is 2.75. The Morgan fingerprint density at radius 1 is 1.18 bits per heavy atom. The summed E-state index contributed by atoms with van der Waals surface area (Å²) in [5.41, 5.74) is 6.67. The Morgan fingerprint density at radius 3 is 2.64 bits per heavy atom. The molecule has 2 N–H and O–H groups in total. The van der Waals surface area contributed by atoms with Crippen LogP contribution in [0.3, 0.4) is 0 Å². The summed E-state index contributed by atoms with van der Waals surface area (Å²) in [6, 6.07) is 10.3. The SMILES string of the molecule is N#Cc1ccc(F)c(CN2C(=O)c3cccc(N)c3C2=O)c1. The van der Waals surface area contributed by atoms with Gasteiger partial charge in [-0.05, 0) is 30.3 Å². The van der Waals surface area contributed by atoms with E-state index < -0.39 is 17.6 Å². The van der Waals surface area contributed by atoms with Gasteiger partial charge >= 0.3 is 0 Å². The van der Waals surface area contributed by atoms with Crippen LogP contribution >= 0.6 is 0 Å². The van der Waals surface area contributed by atoms with Crippen LogP contribution in [0.5, 0.6) is 0 Å². The number of nitrogen functional groups attached to an aromatic ring is 1. The van der Waals surface area contributed by atoms with Gasteiger partial charge in [0, 0.05) is 11.3 Å². The van der Waals surface area contributed by atoms with E-state index in [9.17, 15) is 14.0 Å². The normalized spacial score (nSPS) is 13.2. The van der Waals surface area contributed by atoms with E-state index in [0.29, 0.717) is 0 Å². The number of carbonyl (C=O) groups excluding carboxylic acids is 2. The maximum Gasteiger partial charge on any atom is 0.263 e. The third-order valence-corrected chi connectivity index (χ3v) is 3.53. The maximum atomic E-state index is 13.8. The minimum absolute atomic E-state index is 0.104. The van der Waals surface area contributed by atoms with Crippen molar-refractivity contribution in [2.24, 2.45) is 0 Å². The molecule has 1 heterocycles. The minimum Gasteiger partial charge on any atom is -0.398 e. The van der Waals surface area contributed by atoms with E-state index in [1.54, 1.807) is 6.07 Å². The molecule has 0 unspecified atom stereocenters. The van der Waals surface area contributed by atoms with Gasteiger partial charge in [-0.1, -0.05) is 6.07 Å². The van der Waals surface area contributed by atoms with Crippen molar-refractivity contribution in [3.63, 3.8) is 0 Å². The molecular weight excluding hydrogens is 285 g/mol. The fraction of sp³-hybridized carbons (Fsp3) is 0.0625. The Balaban J connectivity index is 1.99. The lowest BCUT2D eigenvalue weighted by Crippen LogP contribution is -2.29. The van der Waals surface area contributed by atoms with Gasteiger partial charge in [-0.2, -0.15) is 5.26 Å². The molecule has 22 heavy (non-hydrogen) atoms. The summed E-state index contributed by atoms with van der Waals surface area (Å²) in [6.45, 7) is -0.243. The summed E-state index contributed by atoms with van der Waals surface area (Å²) in [6.07, 6.45) is 0. The highest BCUT2D eigenvalue weighted by molar-refractivity contribution is 6.23. The molecule has 0 saturated heterocycles. The van der Waals surface area contributed by atoms with Crippen LogP contribution in [0.2, 0.25) is 0 Å². The highest BCUT2D eigenvalue weighted by atomic mass is 19.1. The quantitative estimate of drug-likeness (QED) is 0.678. The first-order valence-corrected chi connectivity index (χ1v) is 6.46. The number of nitrogens with zero attached hydrogens (tertiary/aromatic N) is 2. The van der Waals surface area contributed by atoms with Crippen molar-refractivity contribution in [2.45, 2.75) is 6.54 Å². The largest absolute Gasteiger partial charge is 0.398 e. The summed E-state index contributed by atoms with van der Waals surface area (Å²) < 4.78 is 13.8. The topological polar surface area (TPSA) is 87.2 Å². The van der Waals surface area contributed by atoms with Gasteiger partial charge in [0.1, 0.15) is 5.82 Å². The van der Waals surface area contributed by atoms with Crippen molar-refractivity contribution >= 4 is 17.5 Å². The first-order chi connectivity index (χ1) is 10.5. The molecule has 1 aliphatic rings. The number of amides is 2. The predicted molar refractivity (Wildman–Crippen MR) is 76.2 cm³/mol. The Hall–Kier alpha value is -3.20. The van der Waals surface area contributed by atoms with Gasteiger partial charge in [-0.15, -0.1) is 0 Å². The predicted octanol–water partition coefficient (Wildman–Crippen LogP) is 2.08. The number of imide groups is 1. The first-order valence-electron chi connectivity index (χ1n) is 6.46. The van der Waals surface area contributed by atoms with Crippen molar-refractivity contribution in [1.82, 2.24) is 4.90 Å². The molecule has 108 valence electrons. The van der Waals surface area contributed by atoms with Crippen LogP contribution in [-0.2, 0) is 6.54 Å². The standard InChI is InChI=1S/C16H10FN3O2/c17-12-5-4-9(7-18)6-10(12)8-20-15(21)11-2-1-3-13(19)14(11)16(20)22/h1-6H,8,19H2.